The van der Waals surface area contributed by atoms with Gasteiger partial charge in [-0.25, -0.2) is 0 Å². The van der Waals surface area contributed by atoms with Crippen LogP contribution in [-0.2, 0) is 19.4 Å². The highest BCUT2D eigenvalue weighted by Gasteiger charge is 2.12. The van der Waals surface area contributed by atoms with E-state index in [2.05, 4.69) is 18.3 Å². The molecule has 1 aliphatic carbocycles. The third-order valence-electron chi connectivity index (χ3n) is 2.77. The number of aryl methyl sites for hydroxylation is 2. The standard InChI is InChI=1S/C12H19NS/c1-2-7-13-9-11-8-10-5-3-4-6-12(10)14-11/h8,13H,2-7,9H2,1H3. The molecule has 0 saturated heterocycles. The molecule has 1 aromatic heterocycles. The summed E-state index contributed by atoms with van der Waals surface area (Å²) in [5.74, 6) is 0. The van der Waals surface area contributed by atoms with Crippen LogP contribution in [0.15, 0.2) is 6.07 Å². The molecule has 2 heteroatoms. The van der Waals surface area contributed by atoms with Crippen molar-refractivity contribution >= 4 is 11.3 Å². The van der Waals surface area contributed by atoms with Crippen LogP contribution in [0.2, 0.25) is 0 Å². The largest absolute Gasteiger partial charge is 0.312 e. The van der Waals surface area contributed by atoms with E-state index in [0.717, 1.165) is 13.1 Å². The lowest BCUT2D eigenvalue weighted by Gasteiger charge is -2.08. The Morgan fingerprint density at radius 1 is 1.36 bits per heavy atom. The van der Waals surface area contributed by atoms with Crippen molar-refractivity contribution in [3.8, 4) is 0 Å². The number of rotatable bonds is 4. The van der Waals surface area contributed by atoms with E-state index < -0.39 is 0 Å². The summed E-state index contributed by atoms with van der Waals surface area (Å²) in [4.78, 5) is 3.19. The van der Waals surface area contributed by atoms with E-state index in [1.807, 2.05) is 11.3 Å². The maximum atomic E-state index is 3.47. The molecule has 0 aliphatic heterocycles. The number of hydrogen-bond acceptors (Lipinski definition) is 2. The fourth-order valence-corrected chi connectivity index (χ4v) is 3.26. The van der Waals surface area contributed by atoms with Gasteiger partial charge in [0.1, 0.15) is 0 Å². The minimum atomic E-state index is 1.07. The second kappa shape index (κ2) is 4.94. The molecule has 0 bridgehead atoms. The summed E-state index contributed by atoms with van der Waals surface area (Å²) in [6.07, 6.45) is 6.67. The second-order valence-corrected chi connectivity index (χ2v) is 5.27. The van der Waals surface area contributed by atoms with Crippen LogP contribution in [0.4, 0.5) is 0 Å². The van der Waals surface area contributed by atoms with Gasteiger partial charge in [0.15, 0.2) is 0 Å². The van der Waals surface area contributed by atoms with Crippen LogP contribution in [0.25, 0.3) is 0 Å². The minimum absolute atomic E-state index is 1.07. The van der Waals surface area contributed by atoms with Gasteiger partial charge < -0.3 is 5.32 Å². The van der Waals surface area contributed by atoms with Crippen LogP contribution >= 0.6 is 11.3 Å². The Kier molecular flexibility index (Phi) is 3.60. The summed E-state index contributed by atoms with van der Waals surface area (Å²) < 4.78 is 0. The zero-order valence-electron chi connectivity index (χ0n) is 8.94. The first-order chi connectivity index (χ1) is 6.90. The molecule has 1 heterocycles. The first kappa shape index (κ1) is 10.2. The van der Waals surface area contributed by atoms with Gasteiger partial charge in [-0.15, -0.1) is 11.3 Å². The van der Waals surface area contributed by atoms with Gasteiger partial charge in [-0.3, -0.25) is 0 Å². The van der Waals surface area contributed by atoms with Crippen LogP contribution in [0.3, 0.4) is 0 Å². The summed E-state index contributed by atoms with van der Waals surface area (Å²) in [6.45, 7) is 4.43. The van der Waals surface area contributed by atoms with Crippen LogP contribution in [0.5, 0.6) is 0 Å². The van der Waals surface area contributed by atoms with E-state index >= 15 is 0 Å². The Balaban J connectivity index is 1.94. The molecular formula is C12H19NS. The number of nitrogens with one attached hydrogen (secondary N) is 1. The number of hydrogen-bond donors (Lipinski definition) is 1. The fourth-order valence-electron chi connectivity index (χ4n) is 2.03. The van der Waals surface area contributed by atoms with Crippen LogP contribution in [-0.4, -0.2) is 6.54 Å². The topological polar surface area (TPSA) is 12.0 Å². The second-order valence-electron chi connectivity index (χ2n) is 4.05. The van der Waals surface area contributed by atoms with Crippen molar-refractivity contribution in [2.45, 2.75) is 45.6 Å². The van der Waals surface area contributed by atoms with Crippen molar-refractivity contribution in [3.63, 3.8) is 0 Å². The van der Waals surface area contributed by atoms with Gasteiger partial charge in [-0.05, 0) is 50.3 Å². The molecule has 0 fully saturated rings. The van der Waals surface area contributed by atoms with E-state index in [-0.39, 0.29) is 0 Å². The smallest absolute Gasteiger partial charge is 0.0299 e. The highest BCUT2D eigenvalue weighted by Crippen LogP contribution is 2.29. The lowest BCUT2D eigenvalue weighted by atomic mass is 9.99. The predicted molar refractivity (Wildman–Crippen MR) is 63.0 cm³/mol. The van der Waals surface area contributed by atoms with Gasteiger partial charge in [0, 0.05) is 16.3 Å². The highest BCUT2D eigenvalue weighted by molar-refractivity contribution is 7.12. The first-order valence-electron chi connectivity index (χ1n) is 5.71. The zero-order chi connectivity index (χ0) is 9.80. The molecule has 1 N–H and O–H groups in total. The molecule has 2 rings (SSSR count). The Morgan fingerprint density at radius 2 is 2.21 bits per heavy atom. The summed E-state index contributed by atoms with van der Waals surface area (Å²) in [7, 11) is 0. The van der Waals surface area contributed by atoms with Crippen molar-refractivity contribution in [2.75, 3.05) is 6.54 Å². The SMILES string of the molecule is CCCNCc1cc2c(s1)CCCC2. The molecule has 1 aromatic rings. The average molecular weight is 209 g/mol. The molecule has 0 amide bonds. The molecular weight excluding hydrogens is 190 g/mol. The van der Waals surface area contributed by atoms with Crippen molar-refractivity contribution in [2.24, 2.45) is 0 Å². The van der Waals surface area contributed by atoms with E-state index in [1.165, 1.54) is 37.0 Å². The van der Waals surface area contributed by atoms with Gasteiger partial charge >= 0.3 is 0 Å². The van der Waals surface area contributed by atoms with Gasteiger partial charge in [0.05, 0.1) is 0 Å². The molecule has 0 atom stereocenters. The summed E-state index contributed by atoms with van der Waals surface area (Å²) >= 11 is 2.02. The Hall–Kier alpha value is -0.340. The lowest BCUT2D eigenvalue weighted by Crippen LogP contribution is -2.12. The van der Waals surface area contributed by atoms with E-state index in [1.54, 1.807) is 10.4 Å². The normalized spacial score (nSPS) is 15.5. The van der Waals surface area contributed by atoms with Crippen molar-refractivity contribution in [1.29, 1.82) is 0 Å². The Morgan fingerprint density at radius 3 is 3.00 bits per heavy atom. The molecule has 78 valence electrons. The Labute approximate surface area is 90.5 Å². The van der Waals surface area contributed by atoms with Gasteiger partial charge in [0.25, 0.3) is 0 Å². The third kappa shape index (κ3) is 2.37. The summed E-state index contributed by atoms with van der Waals surface area (Å²) in [6, 6.07) is 2.42. The molecule has 0 radical (unpaired) electrons. The van der Waals surface area contributed by atoms with Crippen LogP contribution in [0.1, 0.15) is 41.5 Å². The van der Waals surface area contributed by atoms with Crippen LogP contribution in [0, 0.1) is 0 Å². The molecule has 14 heavy (non-hydrogen) atoms. The maximum Gasteiger partial charge on any atom is 0.0299 e. The molecule has 0 saturated carbocycles. The van der Waals surface area contributed by atoms with E-state index in [9.17, 15) is 0 Å². The maximum absolute atomic E-state index is 3.47. The molecule has 0 spiro atoms. The monoisotopic (exact) mass is 209 g/mol. The summed E-state index contributed by atoms with van der Waals surface area (Å²) in [5.41, 5.74) is 1.63. The first-order valence-corrected chi connectivity index (χ1v) is 6.53. The predicted octanol–water partition coefficient (Wildman–Crippen LogP) is 3.13. The van der Waals surface area contributed by atoms with E-state index in [0.29, 0.717) is 0 Å². The summed E-state index contributed by atoms with van der Waals surface area (Å²) in [5, 5.41) is 3.47. The van der Waals surface area contributed by atoms with Crippen molar-refractivity contribution < 1.29 is 0 Å². The van der Waals surface area contributed by atoms with E-state index in [4.69, 9.17) is 0 Å². The molecule has 0 aromatic carbocycles. The fraction of sp³-hybridized carbons (Fsp3) is 0.667. The highest BCUT2D eigenvalue weighted by atomic mass is 32.1. The minimum Gasteiger partial charge on any atom is -0.312 e. The average Bonchev–Trinajstić information content (AvgIpc) is 2.60. The zero-order valence-corrected chi connectivity index (χ0v) is 9.75. The third-order valence-corrected chi connectivity index (χ3v) is 4.01. The van der Waals surface area contributed by atoms with Crippen molar-refractivity contribution in [3.05, 3.63) is 21.4 Å². The number of thiophene rings is 1. The van der Waals surface area contributed by atoms with Gasteiger partial charge in [-0.2, -0.15) is 0 Å². The quantitative estimate of drug-likeness (QED) is 0.751. The van der Waals surface area contributed by atoms with Gasteiger partial charge in [0.2, 0.25) is 0 Å². The molecule has 1 nitrogen and oxygen atoms in total. The number of fused-ring (bicyclic) bond motifs is 1. The van der Waals surface area contributed by atoms with Crippen molar-refractivity contribution in [1.82, 2.24) is 5.32 Å². The Bertz CT molecular complexity index is 267. The lowest BCUT2D eigenvalue weighted by molar-refractivity contribution is 0.679. The molecule has 0 unspecified atom stereocenters. The molecule has 1 aliphatic rings. The van der Waals surface area contributed by atoms with Gasteiger partial charge in [-0.1, -0.05) is 6.92 Å². The van der Waals surface area contributed by atoms with Crippen LogP contribution < -0.4 is 5.32 Å².